The quantitative estimate of drug-likeness (QED) is 0.843. The number of hydrogen-bond donors (Lipinski definition) is 1. The van der Waals surface area contributed by atoms with Crippen molar-refractivity contribution in [3.63, 3.8) is 0 Å². The number of nitrogens with zero attached hydrogens (tertiary/aromatic N) is 1. The van der Waals surface area contributed by atoms with Crippen molar-refractivity contribution in [1.29, 1.82) is 0 Å². The second kappa shape index (κ2) is 7.52. The molecule has 0 fully saturated rings. The van der Waals surface area contributed by atoms with Gasteiger partial charge in [0, 0.05) is 5.38 Å². The Kier molecular flexibility index (Phi) is 5.70. The van der Waals surface area contributed by atoms with Crippen molar-refractivity contribution in [2.45, 2.75) is 32.7 Å². The smallest absolute Gasteiger partial charge is 0.168 e. The molecule has 1 heterocycles. The van der Waals surface area contributed by atoms with Crippen molar-refractivity contribution in [2.75, 3.05) is 13.7 Å². The first-order valence-corrected chi connectivity index (χ1v) is 8.00. The SMILES string of the molecule is CCCNC(Cc1cccc(OC)c1F)c1csc(C)n1. The number of methoxy groups -OCH3 is 1. The van der Waals surface area contributed by atoms with Gasteiger partial charge >= 0.3 is 0 Å². The number of aryl methyl sites for hydroxylation is 1. The Morgan fingerprint density at radius 1 is 1.43 bits per heavy atom. The van der Waals surface area contributed by atoms with Crippen LogP contribution in [0.2, 0.25) is 0 Å². The molecular formula is C16H21FN2OS. The summed E-state index contributed by atoms with van der Waals surface area (Å²) in [6.45, 7) is 4.98. The molecule has 114 valence electrons. The second-order valence-corrected chi connectivity index (χ2v) is 6.00. The summed E-state index contributed by atoms with van der Waals surface area (Å²) in [5.41, 5.74) is 1.63. The highest BCUT2D eigenvalue weighted by atomic mass is 32.1. The molecule has 1 atom stereocenters. The zero-order chi connectivity index (χ0) is 15.2. The van der Waals surface area contributed by atoms with Gasteiger partial charge in [0.05, 0.1) is 23.9 Å². The van der Waals surface area contributed by atoms with Gasteiger partial charge in [-0.15, -0.1) is 11.3 Å². The van der Waals surface area contributed by atoms with Crippen molar-refractivity contribution < 1.29 is 9.13 Å². The van der Waals surface area contributed by atoms with Gasteiger partial charge in [0.1, 0.15) is 0 Å². The highest BCUT2D eigenvalue weighted by molar-refractivity contribution is 7.09. The fourth-order valence-electron chi connectivity index (χ4n) is 2.23. The molecule has 0 saturated heterocycles. The molecule has 1 aromatic heterocycles. The number of nitrogens with one attached hydrogen (secondary N) is 1. The first-order chi connectivity index (χ1) is 10.2. The maximum atomic E-state index is 14.3. The van der Waals surface area contributed by atoms with E-state index < -0.39 is 0 Å². The summed E-state index contributed by atoms with van der Waals surface area (Å²) in [5.74, 6) is 0.00597. The topological polar surface area (TPSA) is 34.1 Å². The Hall–Kier alpha value is -1.46. The molecule has 0 saturated carbocycles. The van der Waals surface area contributed by atoms with Crippen molar-refractivity contribution in [3.8, 4) is 5.75 Å². The highest BCUT2D eigenvalue weighted by Crippen LogP contribution is 2.26. The van der Waals surface area contributed by atoms with Crippen LogP contribution in [0, 0.1) is 12.7 Å². The molecule has 0 aliphatic carbocycles. The molecule has 2 aromatic rings. The van der Waals surface area contributed by atoms with Gasteiger partial charge in [-0.1, -0.05) is 19.1 Å². The number of hydrogen-bond acceptors (Lipinski definition) is 4. The Morgan fingerprint density at radius 3 is 2.86 bits per heavy atom. The Balaban J connectivity index is 2.22. The maximum absolute atomic E-state index is 14.3. The van der Waals surface area contributed by atoms with Crippen LogP contribution in [-0.4, -0.2) is 18.6 Å². The largest absolute Gasteiger partial charge is 0.494 e. The van der Waals surface area contributed by atoms with E-state index in [2.05, 4.69) is 17.2 Å². The molecule has 5 heteroatoms. The molecule has 21 heavy (non-hydrogen) atoms. The lowest BCUT2D eigenvalue weighted by molar-refractivity contribution is 0.382. The lowest BCUT2D eigenvalue weighted by Gasteiger charge is -2.17. The van der Waals surface area contributed by atoms with E-state index in [1.54, 1.807) is 23.5 Å². The van der Waals surface area contributed by atoms with Gasteiger partial charge in [-0.25, -0.2) is 9.37 Å². The van der Waals surface area contributed by atoms with Crippen molar-refractivity contribution in [2.24, 2.45) is 0 Å². The predicted molar refractivity (Wildman–Crippen MR) is 84.5 cm³/mol. The lowest BCUT2D eigenvalue weighted by Crippen LogP contribution is -2.24. The van der Waals surface area contributed by atoms with E-state index >= 15 is 0 Å². The van der Waals surface area contributed by atoms with E-state index in [-0.39, 0.29) is 17.6 Å². The van der Waals surface area contributed by atoms with E-state index in [1.165, 1.54) is 7.11 Å². The summed E-state index contributed by atoms with van der Waals surface area (Å²) in [7, 11) is 1.48. The standard InChI is InChI=1S/C16H21FN2OS/c1-4-8-18-13(14-10-21-11(2)19-14)9-12-6-5-7-15(20-3)16(12)17/h5-7,10,13,18H,4,8-9H2,1-3H3. The first-order valence-electron chi connectivity index (χ1n) is 7.12. The van der Waals surface area contributed by atoms with E-state index in [9.17, 15) is 4.39 Å². The number of aromatic nitrogens is 1. The summed E-state index contributed by atoms with van der Waals surface area (Å²) in [5, 5.41) is 6.52. The Bertz CT molecular complexity index is 585. The van der Waals surface area contributed by atoms with E-state index in [0.717, 1.165) is 23.7 Å². The molecule has 2 rings (SSSR count). The van der Waals surface area contributed by atoms with Crippen LogP contribution in [0.4, 0.5) is 4.39 Å². The molecule has 0 bridgehead atoms. The fourth-order valence-corrected chi connectivity index (χ4v) is 2.90. The number of thiazole rings is 1. The highest BCUT2D eigenvalue weighted by Gasteiger charge is 2.18. The van der Waals surface area contributed by atoms with Gasteiger partial charge < -0.3 is 10.1 Å². The molecular weight excluding hydrogens is 287 g/mol. The first kappa shape index (κ1) is 15.9. The van der Waals surface area contributed by atoms with Crippen molar-refractivity contribution >= 4 is 11.3 Å². The zero-order valence-electron chi connectivity index (χ0n) is 12.6. The lowest BCUT2D eigenvalue weighted by atomic mass is 10.0. The molecule has 3 nitrogen and oxygen atoms in total. The number of ether oxygens (including phenoxy) is 1. The average molecular weight is 308 g/mol. The Labute approximate surface area is 129 Å². The fraction of sp³-hybridized carbons (Fsp3) is 0.438. The van der Waals surface area contributed by atoms with Crippen LogP contribution in [0.3, 0.4) is 0 Å². The minimum atomic E-state index is -0.282. The van der Waals surface area contributed by atoms with E-state index in [4.69, 9.17) is 4.74 Å². The van der Waals surface area contributed by atoms with Gasteiger partial charge in [-0.05, 0) is 37.9 Å². The molecule has 0 aliphatic heterocycles. The third-order valence-electron chi connectivity index (χ3n) is 3.32. The zero-order valence-corrected chi connectivity index (χ0v) is 13.5. The van der Waals surface area contributed by atoms with Gasteiger partial charge in [-0.3, -0.25) is 0 Å². The molecule has 0 aliphatic rings. The van der Waals surface area contributed by atoms with Crippen LogP contribution >= 0.6 is 11.3 Å². The molecule has 1 aromatic carbocycles. The minimum absolute atomic E-state index is 0.0245. The van der Waals surface area contributed by atoms with Gasteiger partial charge in [0.25, 0.3) is 0 Å². The maximum Gasteiger partial charge on any atom is 0.168 e. The van der Waals surface area contributed by atoms with Crippen LogP contribution in [0.1, 0.15) is 35.7 Å². The molecule has 0 amide bonds. The normalized spacial score (nSPS) is 12.4. The predicted octanol–water partition coefficient (Wildman–Crippen LogP) is 3.88. The third-order valence-corrected chi connectivity index (χ3v) is 4.11. The van der Waals surface area contributed by atoms with Gasteiger partial charge in [0.15, 0.2) is 11.6 Å². The third kappa shape index (κ3) is 4.02. The van der Waals surface area contributed by atoms with E-state index in [1.807, 2.05) is 18.4 Å². The van der Waals surface area contributed by atoms with Gasteiger partial charge in [-0.2, -0.15) is 0 Å². The van der Waals surface area contributed by atoms with Gasteiger partial charge in [0.2, 0.25) is 0 Å². The Morgan fingerprint density at radius 2 is 2.24 bits per heavy atom. The van der Waals surface area contributed by atoms with E-state index in [0.29, 0.717) is 12.0 Å². The van der Waals surface area contributed by atoms with Crippen LogP contribution in [0.25, 0.3) is 0 Å². The average Bonchev–Trinajstić information content (AvgIpc) is 2.91. The van der Waals surface area contributed by atoms with Crippen LogP contribution < -0.4 is 10.1 Å². The summed E-state index contributed by atoms with van der Waals surface area (Å²) in [4.78, 5) is 4.53. The number of rotatable bonds is 7. The summed E-state index contributed by atoms with van der Waals surface area (Å²) < 4.78 is 19.4. The summed E-state index contributed by atoms with van der Waals surface area (Å²) >= 11 is 1.62. The van der Waals surface area contributed by atoms with Crippen LogP contribution in [-0.2, 0) is 6.42 Å². The minimum Gasteiger partial charge on any atom is -0.494 e. The summed E-state index contributed by atoms with van der Waals surface area (Å²) in [6.07, 6.45) is 1.59. The van der Waals surface area contributed by atoms with Crippen molar-refractivity contribution in [3.05, 3.63) is 45.7 Å². The van der Waals surface area contributed by atoms with Crippen LogP contribution in [0.15, 0.2) is 23.6 Å². The molecule has 0 radical (unpaired) electrons. The molecule has 1 N–H and O–H groups in total. The molecule has 0 spiro atoms. The number of benzene rings is 1. The number of halogens is 1. The van der Waals surface area contributed by atoms with Crippen molar-refractivity contribution in [1.82, 2.24) is 10.3 Å². The summed E-state index contributed by atoms with van der Waals surface area (Å²) in [6, 6.07) is 5.29. The second-order valence-electron chi connectivity index (χ2n) is 4.94. The van der Waals surface area contributed by atoms with Crippen LogP contribution in [0.5, 0.6) is 5.75 Å². The molecule has 1 unspecified atom stereocenters. The monoisotopic (exact) mass is 308 g/mol.